The molecule has 4 nitrogen and oxygen atoms in total. The maximum Gasteiger partial charge on any atom is 0.133 e. The van der Waals surface area contributed by atoms with Crippen LogP contribution in [0.2, 0.25) is 0 Å². The van der Waals surface area contributed by atoms with Crippen LogP contribution in [0.1, 0.15) is 39.7 Å². The zero-order valence-corrected chi connectivity index (χ0v) is 13.1. The van der Waals surface area contributed by atoms with E-state index in [9.17, 15) is 0 Å². The number of hydrogen-bond donors (Lipinski definition) is 1. The van der Waals surface area contributed by atoms with Crippen LogP contribution in [-0.4, -0.2) is 36.3 Å². The lowest BCUT2D eigenvalue weighted by atomic mass is 10.1. The van der Waals surface area contributed by atoms with Crippen molar-refractivity contribution in [1.82, 2.24) is 10.3 Å². The van der Waals surface area contributed by atoms with Gasteiger partial charge in [-0.3, -0.25) is 0 Å². The predicted molar refractivity (Wildman–Crippen MR) is 83.1 cm³/mol. The topological polar surface area (TPSA) is 37.4 Å². The van der Waals surface area contributed by atoms with Crippen LogP contribution in [0.4, 0.5) is 5.82 Å². The van der Waals surface area contributed by atoms with Gasteiger partial charge in [-0.15, -0.1) is 0 Å². The van der Waals surface area contributed by atoms with Crippen molar-refractivity contribution in [2.45, 2.75) is 52.2 Å². The Balaban J connectivity index is 2.18. The van der Waals surface area contributed by atoms with Crippen LogP contribution in [-0.2, 0) is 11.3 Å². The van der Waals surface area contributed by atoms with Crippen molar-refractivity contribution in [3.63, 3.8) is 0 Å². The summed E-state index contributed by atoms with van der Waals surface area (Å²) in [4.78, 5) is 7.04. The minimum atomic E-state index is 0.113. The van der Waals surface area contributed by atoms with Crippen molar-refractivity contribution in [2.24, 2.45) is 0 Å². The molecule has 2 heterocycles. The zero-order valence-electron chi connectivity index (χ0n) is 13.1. The number of aromatic nitrogens is 1. The number of nitrogens with one attached hydrogen (secondary N) is 1. The number of ether oxygens (including phenoxy) is 1. The van der Waals surface area contributed by atoms with E-state index in [0.29, 0.717) is 6.04 Å². The molecule has 1 atom stereocenters. The molecular weight excluding hydrogens is 250 g/mol. The summed E-state index contributed by atoms with van der Waals surface area (Å²) in [6.45, 7) is 12.1. The number of hydrogen-bond acceptors (Lipinski definition) is 4. The molecule has 0 aliphatic carbocycles. The van der Waals surface area contributed by atoms with Crippen LogP contribution in [0.25, 0.3) is 0 Å². The smallest absolute Gasteiger partial charge is 0.133 e. The Morgan fingerprint density at radius 1 is 1.45 bits per heavy atom. The SMILES string of the molecule is CCC1COCCN1c1ncccc1CNC(C)(C)C. The first-order chi connectivity index (χ1) is 9.51. The summed E-state index contributed by atoms with van der Waals surface area (Å²) >= 11 is 0. The molecule has 1 fully saturated rings. The summed E-state index contributed by atoms with van der Waals surface area (Å²) < 4.78 is 5.59. The van der Waals surface area contributed by atoms with E-state index in [2.05, 4.69) is 49.0 Å². The van der Waals surface area contributed by atoms with Gasteiger partial charge in [0.05, 0.1) is 19.3 Å². The van der Waals surface area contributed by atoms with Crippen molar-refractivity contribution in [2.75, 3.05) is 24.7 Å². The second kappa shape index (κ2) is 6.55. The molecule has 0 amide bonds. The van der Waals surface area contributed by atoms with Crippen molar-refractivity contribution < 1.29 is 4.74 Å². The number of pyridine rings is 1. The fraction of sp³-hybridized carbons (Fsp3) is 0.688. The van der Waals surface area contributed by atoms with Crippen LogP contribution >= 0.6 is 0 Å². The Kier molecular flexibility index (Phi) is 5.00. The summed E-state index contributed by atoms with van der Waals surface area (Å²) in [5.74, 6) is 1.11. The van der Waals surface area contributed by atoms with E-state index >= 15 is 0 Å². The average Bonchev–Trinajstić information content (AvgIpc) is 2.44. The van der Waals surface area contributed by atoms with E-state index in [1.165, 1.54) is 5.56 Å². The zero-order chi connectivity index (χ0) is 14.6. The third kappa shape index (κ3) is 3.93. The van der Waals surface area contributed by atoms with Crippen molar-refractivity contribution in [3.8, 4) is 0 Å². The normalized spacial score (nSPS) is 20.2. The Labute approximate surface area is 122 Å². The molecule has 0 spiro atoms. The summed E-state index contributed by atoms with van der Waals surface area (Å²) in [6.07, 6.45) is 2.97. The molecule has 1 unspecified atom stereocenters. The Morgan fingerprint density at radius 3 is 2.95 bits per heavy atom. The van der Waals surface area contributed by atoms with Gasteiger partial charge in [0.25, 0.3) is 0 Å². The fourth-order valence-corrected chi connectivity index (χ4v) is 2.46. The third-order valence-electron chi connectivity index (χ3n) is 3.65. The summed E-state index contributed by atoms with van der Waals surface area (Å²) in [7, 11) is 0. The van der Waals surface area contributed by atoms with Crippen molar-refractivity contribution >= 4 is 5.82 Å². The van der Waals surface area contributed by atoms with Gasteiger partial charge < -0.3 is 15.0 Å². The Bertz CT molecular complexity index is 428. The summed E-state index contributed by atoms with van der Waals surface area (Å²) in [5, 5.41) is 3.55. The highest BCUT2D eigenvalue weighted by atomic mass is 16.5. The molecule has 1 N–H and O–H groups in total. The minimum absolute atomic E-state index is 0.113. The highest BCUT2D eigenvalue weighted by Gasteiger charge is 2.24. The third-order valence-corrected chi connectivity index (χ3v) is 3.65. The average molecular weight is 277 g/mol. The van der Waals surface area contributed by atoms with E-state index < -0.39 is 0 Å². The van der Waals surface area contributed by atoms with Gasteiger partial charge in [0.15, 0.2) is 0 Å². The predicted octanol–water partition coefficient (Wildman–Crippen LogP) is 2.58. The van der Waals surface area contributed by atoms with Crippen LogP contribution in [0.5, 0.6) is 0 Å². The van der Waals surface area contributed by atoms with Crippen LogP contribution < -0.4 is 10.2 Å². The molecule has 1 aromatic rings. The largest absolute Gasteiger partial charge is 0.377 e. The summed E-state index contributed by atoms with van der Waals surface area (Å²) in [5.41, 5.74) is 1.38. The van der Waals surface area contributed by atoms with Crippen molar-refractivity contribution in [1.29, 1.82) is 0 Å². The molecule has 1 aliphatic heterocycles. The van der Waals surface area contributed by atoms with Gasteiger partial charge in [-0.05, 0) is 33.3 Å². The molecule has 20 heavy (non-hydrogen) atoms. The van der Waals surface area contributed by atoms with Gasteiger partial charge in [-0.1, -0.05) is 13.0 Å². The number of rotatable bonds is 4. The standard InChI is InChI=1S/C16H27N3O/c1-5-14-12-20-10-9-19(14)15-13(7-6-8-17-15)11-18-16(2,3)4/h6-8,14,18H,5,9-12H2,1-4H3. The molecule has 0 saturated carbocycles. The van der Waals surface area contributed by atoms with Gasteiger partial charge >= 0.3 is 0 Å². The van der Waals surface area contributed by atoms with E-state index in [1.54, 1.807) is 0 Å². The lowest BCUT2D eigenvalue weighted by Crippen LogP contribution is -2.46. The first-order valence-corrected chi connectivity index (χ1v) is 7.54. The molecule has 2 rings (SSSR count). The first-order valence-electron chi connectivity index (χ1n) is 7.54. The number of anilines is 1. The van der Waals surface area contributed by atoms with Crippen molar-refractivity contribution in [3.05, 3.63) is 23.9 Å². The minimum Gasteiger partial charge on any atom is -0.377 e. The maximum atomic E-state index is 5.59. The fourth-order valence-electron chi connectivity index (χ4n) is 2.46. The highest BCUT2D eigenvalue weighted by molar-refractivity contribution is 5.48. The van der Waals surface area contributed by atoms with Crippen LogP contribution in [0, 0.1) is 0 Å². The molecule has 112 valence electrons. The molecular formula is C16H27N3O. The Hall–Kier alpha value is -1.13. The van der Waals surface area contributed by atoms with Gasteiger partial charge in [0.2, 0.25) is 0 Å². The molecule has 0 radical (unpaired) electrons. The molecule has 0 aromatic carbocycles. The molecule has 4 heteroatoms. The molecule has 1 aliphatic rings. The second-order valence-corrected chi connectivity index (χ2v) is 6.42. The number of nitrogens with zero attached hydrogens (tertiary/aromatic N) is 2. The van der Waals surface area contributed by atoms with E-state index in [4.69, 9.17) is 4.74 Å². The maximum absolute atomic E-state index is 5.59. The quantitative estimate of drug-likeness (QED) is 0.918. The van der Waals surface area contributed by atoms with Gasteiger partial charge in [0.1, 0.15) is 5.82 Å². The lowest BCUT2D eigenvalue weighted by Gasteiger charge is -2.37. The number of morpholine rings is 1. The van der Waals surface area contributed by atoms with Gasteiger partial charge in [-0.25, -0.2) is 4.98 Å². The monoisotopic (exact) mass is 277 g/mol. The van der Waals surface area contributed by atoms with E-state index in [1.807, 2.05) is 12.3 Å². The van der Waals surface area contributed by atoms with Crippen LogP contribution in [0.3, 0.4) is 0 Å². The lowest BCUT2D eigenvalue weighted by molar-refractivity contribution is 0.0924. The highest BCUT2D eigenvalue weighted by Crippen LogP contribution is 2.23. The first kappa shape index (κ1) is 15.3. The molecule has 1 saturated heterocycles. The molecule has 1 aromatic heterocycles. The van der Waals surface area contributed by atoms with Gasteiger partial charge in [-0.2, -0.15) is 0 Å². The van der Waals surface area contributed by atoms with Crippen LogP contribution in [0.15, 0.2) is 18.3 Å². The van der Waals surface area contributed by atoms with Gasteiger partial charge in [0, 0.05) is 30.4 Å². The van der Waals surface area contributed by atoms with E-state index in [-0.39, 0.29) is 5.54 Å². The second-order valence-electron chi connectivity index (χ2n) is 6.42. The van der Waals surface area contributed by atoms with E-state index in [0.717, 1.165) is 38.5 Å². The molecule has 0 bridgehead atoms. The summed E-state index contributed by atoms with van der Waals surface area (Å²) in [6, 6.07) is 4.63. The Morgan fingerprint density at radius 2 is 2.25 bits per heavy atom.